The Hall–Kier alpha value is -5.66. The summed E-state index contributed by atoms with van der Waals surface area (Å²) in [7, 11) is 0. The Bertz CT molecular complexity index is 2240. The Morgan fingerprint density at radius 2 is 1.23 bits per heavy atom. The largest absolute Gasteiger partial charge is 0.456 e. The number of nitrogens with zero attached hydrogens (tertiary/aromatic N) is 3. The molecule has 8 aromatic rings. The first kappa shape index (κ1) is 22.3. The van der Waals surface area contributed by atoms with E-state index in [1.165, 1.54) is 21.8 Å². The summed E-state index contributed by atoms with van der Waals surface area (Å²) < 4.78 is 8.58. The summed E-state index contributed by atoms with van der Waals surface area (Å²) in [6, 6.07) is 39.6. The van der Waals surface area contributed by atoms with Gasteiger partial charge in [-0.25, -0.2) is 4.85 Å². The zero-order valence-corrected chi connectivity index (χ0v) is 21.4. The van der Waals surface area contributed by atoms with E-state index in [9.17, 15) is 0 Å². The quantitative estimate of drug-likeness (QED) is 0.221. The molecule has 0 radical (unpaired) electrons. The molecule has 4 heteroatoms. The molecule has 0 amide bonds. The van der Waals surface area contributed by atoms with E-state index in [-0.39, 0.29) is 0 Å². The van der Waals surface area contributed by atoms with Gasteiger partial charge in [0.25, 0.3) is 0 Å². The second-order valence-corrected chi connectivity index (χ2v) is 9.95. The fourth-order valence-electron chi connectivity index (χ4n) is 5.85. The molecule has 0 saturated heterocycles. The van der Waals surface area contributed by atoms with Crippen LogP contribution in [0.15, 0.2) is 132 Å². The SMILES string of the molecule is [C-]#[N+]c1ccccc1-c1cncc(-c2ccc3oc4ccc(-n5c6ccccc6c6ccccc65)cc4c3c2)c1. The minimum absolute atomic E-state index is 0.621. The second kappa shape index (κ2) is 8.69. The van der Waals surface area contributed by atoms with Crippen molar-refractivity contribution in [2.24, 2.45) is 0 Å². The van der Waals surface area contributed by atoms with Crippen LogP contribution in [0, 0.1) is 6.57 Å². The van der Waals surface area contributed by atoms with Crippen molar-refractivity contribution in [3.8, 4) is 27.9 Å². The molecule has 0 N–H and O–H groups in total. The molecule has 186 valence electrons. The van der Waals surface area contributed by atoms with E-state index in [0.29, 0.717) is 5.69 Å². The smallest absolute Gasteiger partial charge is 0.194 e. The van der Waals surface area contributed by atoms with Gasteiger partial charge in [0.1, 0.15) is 11.2 Å². The zero-order valence-electron chi connectivity index (χ0n) is 21.4. The molecular formula is C36H21N3O. The monoisotopic (exact) mass is 511 g/mol. The third kappa shape index (κ3) is 3.35. The standard InChI is InChI=1S/C36H21N3O/c1-37-32-11-5-2-8-27(32)25-18-24(21-38-22-25)23-14-16-35-30(19-23)31-20-26(15-17-36(31)40-35)39-33-12-6-3-9-28(33)29-10-4-7-13-34(29)39/h2-22H. The maximum atomic E-state index is 7.55. The topological polar surface area (TPSA) is 35.3 Å². The lowest BCUT2D eigenvalue weighted by atomic mass is 9.99. The Balaban J connectivity index is 1.30. The molecule has 0 spiro atoms. The van der Waals surface area contributed by atoms with Crippen molar-refractivity contribution in [3.63, 3.8) is 0 Å². The molecular weight excluding hydrogens is 490 g/mol. The minimum atomic E-state index is 0.621. The highest BCUT2D eigenvalue weighted by atomic mass is 16.3. The number of benzene rings is 5. The van der Waals surface area contributed by atoms with Crippen molar-refractivity contribution in [1.82, 2.24) is 9.55 Å². The number of pyridine rings is 1. The highest BCUT2D eigenvalue weighted by molar-refractivity contribution is 6.11. The first-order chi connectivity index (χ1) is 19.8. The van der Waals surface area contributed by atoms with Crippen LogP contribution in [-0.2, 0) is 0 Å². The first-order valence-corrected chi connectivity index (χ1v) is 13.2. The van der Waals surface area contributed by atoms with Crippen LogP contribution in [0.2, 0.25) is 0 Å². The lowest BCUT2D eigenvalue weighted by molar-refractivity contribution is 0.669. The molecule has 4 nitrogen and oxygen atoms in total. The Morgan fingerprint density at radius 3 is 2.00 bits per heavy atom. The van der Waals surface area contributed by atoms with Crippen molar-refractivity contribution in [2.45, 2.75) is 0 Å². The van der Waals surface area contributed by atoms with Crippen LogP contribution in [-0.4, -0.2) is 9.55 Å². The number of aromatic nitrogens is 2. The van der Waals surface area contributed by atoms with Gasteiger partial charge in [0.15, 0.2) is 5.69 Å². The summed E-state index contributed by atoms with van der Waals surface area (Å²) in [5, 5.41) is 4.61. The summed E-state index contributed by atoms with van der Waals surface area (Å²) in [4.78, 5) is 8.21. The van der Waals surface area contributed by atoms with Crippen LogP contribution in [0.5, 0.6) is 0 Å². The maximum Gasteiger partial charge on any atom is 0.194 e. The van der Waals surface area contributed by atoms with Crippen molar-refractivity contribution < 1.29 is 4.42 Å². The van der Waals surface area contributed by atoms with Gasteiger partial charge in [-0.2, -0.15) is 0 Å². The molecule has 0 atom stereocenters. The Kier molecular flexibility index (Phi) is 4.85. The molecule has 0 bridgehead atoms. The highest BCUT2D eigenvalue weighted by Gasteiger charge is 2.15. The summed E-state index contributed by atoms with van der Waals surface area (Å²) in [5.41, 5.74) is 9.63. The second-order valence-electron chi connectivity index (χ2n) is 9.95. The molecule has 0 aliphatic carbocycles. The van der Waals surface area contributed by atoms with E-state index in [1.54, 1.807) is 0 Å². The number of fused-ring (bicyclic) bond motifs is 6. The van der Waals surface area contributed by atoms with Crippen LogP contribution < -0.4 is 0 Å². The van der Waals surface area contributed by atoms with Crippen molar-refractivity contribution >= 4 is 49.4 Å². The number of rotatable bonds is 3. The van der Waals surface area contributed by atoms with Crippen LogP contribution in [0.25, 0.3) is 76.5 Å². The third-order valence-corrected chi connectivity index (χ3v) is 7.70. The highest BCUT2D eigenvalue weighted by Crippen LogP contribution is 2.37. The fraction of sp³-hybridized carbons (Fsp3) is 0. The van der Waals surface area contributed by atoms with Crippen LogP contribution in [0.3, 0.4) is 0 Å². The van der Waals surface area contributed by atoms with E-state index < -0.39 is 0 Å². The predicted molar refractivity (Wildman–Crippen MR) is 163 cm³/mol. The third-order valence-electron chi connectivity index (χ3n) is 7.70. The predicted octanol–water partition coefficient (Wildman–Crippen LogP) is 9.96. The van der Waals surface area contributed by atoms with Gasteiger partial charge < -0.3 is 8.98 Å². The Labute approximate surface area is 230 Å². The number of hydrogen-bond acceptors (Lipinski definition) is 2. The normalized spacial score (nSPS) is 11.5. The van der Waals surface area contributed by atoms with E-state index in [1.807, 2.05) is 42.7 Å². The first-order valence-electron chi connectivity index (χ1n) is 13.2. The van der Waals surface area contributed by atoms with Crippen molar-refractivity contribution in [2.75, 3.05) is 0 Å². The molecule has 5 aromatic carbocycles. The maximum absolute atomic E-state index is 7.55. The minimum Gasteiger partial charge on any atom is -0.456 e. The molecule has 8 rings (SSSR count). The molecule has 3 heterocycles. The summed E-state index contributed by atoms with van der Waals surface area (Å²) >= 11 is 0. The van der Waals surface area contributed by atoms with E-state index in [2.05, 4.69) is 99.3 Å². The number of hydrogen-bond donors (Lipinski definition) is 0. The van der Waals surface area contributed by atoms with Crippen LogP contribution in [0.1, 0.15) is 0 Å². The zero-order chi connectivity index (χ0) is 26.6. The lowest BCUT2D eigenvalue weighted by Crippen LogP contribution is -1.93. The van der Waals surface area contributed by atoms with Gasteiger partial charge in [0.05, 0.1) is 17.6 Å². The molecule has 3 aromatic heterocycles. The van der Waals surface area contributed by atoms with Crippen molar-refractivity contribution in [3.05, 3.63) is 139 Å². The van der Waals surface area contributed by atoms with Gasteiger partial charge in [-0.3, -0.25) is 4.98 Å². The van der Waals surface area contributed by atoms with Gasteiger partial charge in [0.2, 0.25) is 0 Å². The average Bonchev–Trinajstić information content (AvgIpc) is 3.56. The molecule has 0 aliphatic rings. The van der Waals surface area contributed by atoms with Gasteiger partial charge in [-0.15, -0.1) is 0 Å². The van der Waals surface area contributed by atoms with E-state index in [0.717, 1.165) is 49.9 Å². The molecule has 40 heavy (non-hydrogen) atoms. The summed E-state index contributed by atoms with van der Waals surface area (Å²) in [6.45, 7) is 7.55. The summed E-state index contributed by atoms with van der Waals surface area (Å²) in [5.74, 6) is 0. The van der Waals surface area contributed by atoms with Gasteiger partial charge in [-0.05, 0) is 65.2 Å². The summed E-state index contributed by atoms with van der Waals surface area (Å²) in [6.07, 6.45) is 3.69. The Morgan fingerprint density at radius 1 is 0.575 bits per heavy atom. The number of para-hydroxylation sites is 3. The van der Waals surface area contributed by atoms with Gasteiger partial charge >= 0.3 is 0 Å². The van der Waals surface area contributed by atoms with E-state index in [4.69, 9.17) is 11.0 Å². The fourth-order valence-corrected chi connectivity index (χ4v) is 5.85. The van der Waals surface area contributed by atoms with Crippen molar-refractivity contribution in [1.29, 1.82) is 0 Å². The molecule has 0 aliphatic heterocycles. The van der Waals surface area contributed by atoms with Crippen LogP contribution in [0.4, 0.5) is 5.69 Å². The van der Waals surface area contributed by atoms with E-state index >= 15 is 0 Å². The van der Waals surface area contributed by atoms with Gasteiger partial charge in [0, 0.05) is 45.2 Å². The molecule has 0 unspecified atom stereocenters. The molecule has 0 fully saturated rings. The van der Waals surface area contributed by atoms with Crippen LogP contribution >= 0.6 is 0 Å². The van der Waals surface area contributed by atoms with Gasteiger partial charge in [-0.1, -0.05) is 66.7 Å². The molecule has 0 saturated carbocycles. The number of furan rings is 1. The average molecular weight is 512 g/mol. The lowest BCUT2D eigenvalue weighted by Gasteiger charge is -2.08.